The second kappa shape index (κ2) is 6.89. The van der Waals surface area contributed by atoms with Gasteiger partial charge in [-0.15, -0.1) is 0 Å². The van der Waals surface area contributed by atoms with Crippen LogP contribution in [0.3, 0.4) is 0 Å². The molecule has 0 aromatic heterocycles. The topological polar surface area (TPSA) is 55.8 Å². The fourth-order valence-electron chi connectivity index (χ4n) is 3.43. The maximum atomic E-state index is 12.5. The second-order valence-corrected chi connectivity index (χ2v) is 6.85. The summed E-state index contributed by atoms with van der Waals surface area (Å²) in [7, 11) is 0. The number of carbonyl (C=O) groups excluding carboxylic acids is 1. The predicted molar refractivity (Wildman–Crippen MR) is 91.6 cm³/mol. The van der Waals surface area contributed by atoms with Gasteiger partial charge in [0.25, 0.3) is 0 Å². The lowest BCUT2D eigenvalue weighted by molar-refractivity contribution is -0.137. The van der Waals surface area contributed by atoms with E-state index in [4.69, 9.17) is 0 Å². The highest BCUT2D eigenvalue weighted by Crippen LogP contribution is 2.24. The van der Waals surface area contributed by atoms with Gasteiger partial charge in [0, 0.05) is 31.9 Å². The van der Waals surface area contributed by atoms with Gasteiger partial charge in [-0.3, -0.25) is 4.79 Å². The normalized spacial score (nSPS) is 21.3. The van der Waals surface area contributed by atoms with Crippen LogP contribution in [0.2, 0.25) is 0 Å². The number of amides is 1. The largest absolute Gasteiger partial charge is 0.389 e. The molecule has 2 saturated heterocycles. The molecule has 3 rings (SSSR count). The zero-order valence-corrected chi connectivity index (χ0v) is 13.9. The van der Waals surface area contributed by atoms with E-state index in [1.54, 1.807) is 0 Å². The lowest BCUT2D eigenvalue weighted by Gasteiger charge is -2.38. The number of hydrogen-bond donors (Lipinski definition) is 2. The number of aryl methyl sites for hydroxylation is 1. The Balaban J connectivity index is 1.52. The lowest BCUT2D eigenvalue weighted by Crippen LogP contribution is -2.51. The molecule has 1 aromatic carbocycles. The molecule has 2 aliphatic rings. The van der Waals surface area contributed by atoms with E-state index in [-0.39, 0.29) is 12.3 Å². The minimum atomic E-state index is -0.809. The number of nitrogens with zero attached hydrogens (tertiary/aromatic N) is 2. The Morgan fingerprint density at radius 1 is 1.13 bits per heavy atom. The van der Waals surface area contributed by atoms with Crippen LogP contribution in [-0.2, 0) is 4.79 Å². The number of piperidine rings is 1. The smallest absolute Gasteiger partial charge is 0.225 e. The van der Waals surface area contributed by atoms with Crippen LogP contribution in [0.5, 0.6) is 0 Å². The highest BCUT2D eigenvalue weighted by molar-refractivity contribution is 5.77. The summed E-state index contributed by atoms with van der Waals surface area (Å²) in [6.45, 7) is 6.87. The molecule has 0 radical (unpaired) electrons. The summed E-state index contributed by atoms with van der Waals surface area (Å²) in [5, 5.41) is 13.8. The number of benzene rings is 1. The van der Waals surface area contributed by atoms with Crippen LogP contribution in [0.1, 0.15) is 24.8 Å². The first-order valence-electron chi connectivity index (χ1n) is 8.58. The molecule has 1 amide bonds. The van der Waals surface area contributed by atoms with Crippen molar-refractivity contribution in [3.05, 3.63) is 29.8 Å². The zero-order chi connectivity index (χ0) is 16.3. The zero-order valence-electron chi connectivity index (χ0n) is 13.9. The van der Waals surface area contributed by atoms with Crippen LogP contribution in [0.25, 0.3) is 0 Å². The van der Waals surface area contributed by atoms with E-state index < -0.39 is 5.60 Å². The van der Waals surface area contributed by atoms with Crippen LogP contribution in [0, 0.1) is 6.92 Å². The fraction of sp³-hybridized carbons (Fsp3) is 0.611. The van der Waals surface area contributed by atoms with E-state index in [1.807, 2.05) is 4.90 Å². The number of carbonyl (C=O) groups is 1. The van der Waals surface area contributed by atoms with Gasteiger partial charge in [-0.2, -0.15) is 0 Å². The summed E-state index contributed by atoms with van der Waals surface area (Å²) < 4.78 is 0. The van der Waals surface area contributed by atoms with E-state index >= 15 is 0 Å². The summed E-state index contributed by atoms with van der Waals surface area (Å²) in [5.74, 6) is 0.0953. The molecule has 126 valence electrons. The van der Waals surface area contributed by atoms with Gasteiger partial charge in [0.1, 0.15) is 0 Å². The number of piperazine rings is 1. The monoisotopic (exact) mass is 317 g/mol. The van der Waals surface area contributed by atoms with Crippen molar-refractivity contribution in [1.29, 1.82) is 0 Å². The maximum Gasteiger partial charge on any atom is 0.225 e. The molecule has 5 heteroatoms. The van der Waals surface area contributed by atoms with Gasteiger partial charge in [0.15, 0.2) is 0 Å². The molecule has 2 heterocycles. The molecule has 0 spiro atoms. The standard InChI is InChI=1S/C18H27N3O2/c1-15-2-4-16(5-3-15)20-10-12-21(13-11-20)17(22)14-18(23)6-8-19-9-7-18/h2-5,19,23H,6-14H2,1H3. The summed E-state index contributed by atoms with van der Waals surface area (Å²) in [6.07, 6.45) is 1.60. The molecule has 0 atom stereocenters. The van der Waals surface area contributed by atoms with Crippen molar-refractivity contribution in [2.24, 2.45) is 0 Å². The minimum absolute atomic E-state index is 0.0953. The molecule has 0 aliphatic carbocycles. The third-order valence-electron chi connectivity index (χ3n) is 5.05. The molecular formula is C18H27N3O2. The van der Waals surface area contributed by atoms with Gasteiger partial charge in [-0.05, 0) is 45.0 Å². The fourth-order valence-corrected chi connectivity index (χ4v) is 3.43. The quantitative estimate of drug-likeness (QED) is 0.878. The van der Waals surface area contributed by atoms with Crippen molar-refractivity contribution in [1.82, 2.24) is 10.2 Å². The minimum Gasteiger partial charge on any atom is -0.389 e. The Bertz CT molecular complexity index is 530. The summed E-state index contributed by atoms with van der Waals surface area (Å²) >= 11 is 0. The number of rotatable bonds is 3. The van der Waals surface area contributed by atoms with Crippen molar-refractivity contribution in [2.75, 3.05) is 44.2 Å². The van der Waals surface area contributed by atoms with Crippen LogP contribution >= 0.6 is 0 Å². The van der Waals surface area contributed by atoms with Gasteiger partial charge in [-0.1, -0.05) is 17.7 Å². The van der Waals surface area contributed by atoms with Gasteiger partial charge in [0.05, 0.1) is 12.0 Å². The Labute approximate surface area is 138 Å². The highest BCUT2D eigenvalue weighted by atomic mass is 16.3. The van der Waals surface area contributed by atoms with Crippen LogP contribution in [0.15, 0.2) is 24.3 Å². The molecule has 2 aliphatic heterocycles. The highest BCUT2D eigenvalue weighted by Gasteiger charge is 2.34. The second-order valence-electron chi connectivity index (χ2n) is 6.85. The van der Waals surface area contributed by atoms with Gasteiger partial charge in [-0.25, -0.2) is 0 Å². The maximum absolute atomic E-state index is 12.5. The SMILES string of the molecule is Cc1ccc(N2CCN(C(=O)CC3(O)CCNCC3)CC2)cc1. The molecule has 0 bridgehead atoms. The van der Waals surface area contributed by atoms with E-state index in [0.29, 0.717) is 12.8 Å². The van der Waals surface area contributed by atoms with Crippen molar-refractivity contribution in [3.63, 3.8) is 0 Å². The molecule has 2 fully saturated rings. The molecule has 2 N–H and O–H groups in total. The van der Waals surface area contributed by atoms with Crippen molar-refractivity contribution in [2.45, 2.75) is 31.8 Å². The Morgan fingerprint density at radius 2 is 1.74 bits per heavy atom. The number of hydrogen-bond acceptors (Lipinski definition) is 4. The molecule has 5 nitrogen and oxygen atoms in total. The molecule has 0 unspecified atom stereocenters. The third-order valence-corrected chi connectivity index (χ3v) is 5.05. The Hall–Kier alpha value is -1.59. The van der Waals surface area contributed by atoms with E-state index in [1.165, 1.54) is 11.3 Å². The van der Waals surface area contributed by atoms with Crippen LogP contribution < -0.4 is 10.2 Å². The third kappa shape index (κ3) is 4.03. The van der Waals surface area contributed by atoms with E-state index in [2.05, 4.69) is 41.4 Å². The number of nitrogens with one attached hydrogen (secondary N) is 1. The molecule has 23 heavy (non-hydrogen) atoms. The van der Waals surface area contributed by atoms with Crippen LogP contribution in [-0.4, -0.2) is 60.8 Å². The lowest BCUT2D eigenvalue weighted by atomic mass is 9.88. The van der Waals surface area contributed by atoms with E-state index in [9.17, 15) is 9.90 Å². The summed E-state index contributed by atoms with van der Waals surface area (Å²) in [6, 6.07) is 8.54. The average molecular weight is 317 g/mol. The Kier molecular flexibility index (Phi) is 4.87. The first kappa shape index (κ1) is 16.3. The van der Waals surface area contributed by atoms with Crippen LogP contribution in [0.4, 0.5) is 5.69 Å². The summed E-state index contributed by atoms with van der Waals surface area (Å²) in [4.78, 5) is 16.7. The van der Waals surface area contributed by atoms with Crippen molar-refractivity contribution in [3.8, 4) is 0 Å². The van der Waals surface area contributed by atoms with Crippen molar-refractivity contribution >= 4 is 11.6 Å². The first-order chi connectivity index (χ1) is 11.1. The summed E-state index contributed by atoms with van der Waals surface area (Å²) in [5.41, 5.74) is 1.67. The molecule has 0 saturated carbocycles. The first-order valence-corrected chi connectivity index (χ1v) is 8.58. The van der Waals surface area contributed by atoms with Gasteiger partial charge >= 0.3 is 0 Å². The Morgan fingerprint density at radius 3 is 2.35 bits per heavy atom. The van der Waals surface area contributed by atoms with Gasteiger partial charge < -0.3 is 20.2 Å². The number of anilines is 1. The van der Waals surface area contributed by atoms with E-state index in [0.717, 1.165) is 39.3 Å². The average Bonchev–Trinajstić information content (AvgIpc) is 2.56. The predicted octanol–water partition coefficient (Wildman–Crippen LogP) is 1.15. The van der Waals surface area contributed by atoms with Crippen molar-refractivity contribution < 1.29 is 9.90 Å². The molecule has 1 aromatic rings. The van der Waals surface area contributed by atoms with Gasteiger partial charge in [0.2, 0.25) is 5.91 Å². The molecular weight excluding hydrogens is 290 g/mol. The number of aliphatic hydroxyl groups is 1.